The quantitative estimate of drug-likeness (QED) is 0.662. The molecule has 0 fully saturated rings. The van der Waals surface area contributed by atoms with Crippen LogP contribution < -0.4 is 10.6 Å². The number of halogens is 3. The van der Waals surface area contributed by atoms with Gasteiger partial charge in [-0.2, -0.15) is 0 Å². The van der Waals surface area contributed by atoms with E-state index in [2.05, 4.69) is 10.6 Å². The van der Waals surface area contributed by atoms with Crippen molar-refractivity contribution in [3.63, 3.8) is 0 Å². The van der Waals surface area contributed by atoms with E-state index in [-0.39, 0.29) is 5.82 Å². The van der Waals surface area contributed by atoms with E-state index >= 15 is 0 Å². The summed E-state index contributed by atoms with van der Waals surface area (Å²) >= 11 is 12.0. The number of rotatable bonds is 9. The average Bonchev–Trinajstić information content (AvgIpc) is 2.53. The zero-order valence-electron chi connectivity index (χ0n) is 12.9. The third-order valence-electron chi connectivity index (χ3n) is 3.59. The summed E-state index contributed by atoms with van der Waals surface area (Å²) in [6.07, 6.45) is 1.57. The molecule has 0 aliphatic carbocycles. The maximum absolute atomic E-state index is 13.4. The molecule has 124 valence electrons. The number of benzene rings is 2. The topological polar surface area (TPSA) is 24.1 Å². The van der Waals surface area contributed by atoms with Crippen LogP contribution >= 0.6 is 23.2 Å². The van der Waals surface area contributed by atoms with Gasteiger partial charge in [-0.1, -0.05) is 47.5 Å². The van der Waals surface area contributed by atoms with Crippen LogP contribution in [0, 0.1) is 5.82 Å². The van der Waals surface area contributed by atoms with Crippen LogP contribution in [0.3, 0.4) is 0 Å². The van der Waals surface area contributed by atoms with E-state index in [0.29, 0.717) is 16.5 Å². The Morgan fingerprint density at radius 2 is 1.43 bits per heavy atom. The summed E-state index contributed by atoms with van der Waals surface area (Å²) in [5.41, 5.74) is 1.85. The van der Waals surface area contributed by atoms with Crippen LogP contribution in [0.25, 0.3) is 0 Å². The van der Waals surface area contributed by atoms with Crippen molar-refractivity contribution in [1.29, 1.82) is 0 Å². The highest BCUT2D eigenvalue weighted by Crippen LogP contribution is 2.20. The third kappa shape index (κ3) is 6.48. The lowest BCUT2D eigenvalue weighted by atomic mass is 10.1. The van der Waals surface area contributed by atoms with Crippen LogP contribution in [0.4, 0.5) is 4.39 Å². The second-order valence-corrected chi connectivity index (χ2v) is 6.17. The number of nitrogens with one attached hydrogen (secondary N) is 2. The first-order chi connectivity index (χ1) is 11.2. The zero-order chi connectivity index (χ0) is 16.5. The van der Waals surface area contributed by atoms with Crippen LogP contribution in [0.15, 0.2) is 42.5 Å². The first-order valence-electron chi connectivity index (χ1n) is 7.75. The molecule has 0 heterocycles. The van der Waals surface area contributed by atoms with Crippen molar-refractivity contribution in [2.75, 3.05) is 26.2 Å². The first-order valence-corrected chi connectivity index (χ1v) is 8.51. The molecule has 23 heavy (non-hydrogen) atoms. The molecular weight excluding hydrogens is 334 g/mol. The Labute approximate surface area is 147 Å². The molecule has 0 aliphatic heterocycles. The molecule has 2 aromatic carbocycles. The largest absolute Gasteiger partial charge is 0.315 e. The molecule has 5 heteroatoms. The van der Waals surface area contributed by atoms with Crippen LogP contribution in [-0.2, 0) is 12.8 Å². The van der Waals surface area contributed by atoms with E-state index in [0.717, 1.165) is 43.7 Å². The van der Waals surface area contributed by atoms with Crippen molar-refractivity contribution >= 4 is 23.2 Å². The fraction of sp³-hybridized carbons (Fsp3) is 0.333. The van der Waals surface area contributed by atoms with E-state index in [1.54, 1.807) is 12.1 Å². The molecule has 0 bridgehead atoms. The van der Waals surface area contributed by atoms with Gasteiger partial charge in [0.2, 0.25) is 0 Å². The van der Waals surface area contributed by atoms with Crippen molar-refractivity contribution in [3.8, 4) is 0 Å². The minimum Gasteiger partial charge on any atom is -0.315 e. The first kappa shape index (κ1) is 18.2. The Kier molecular flexibility index (Phi) is 7.83. The van der Waals surface area contributed by atoms with Gasteiger partial charge >= 0.3 is 0 Å². The monoisotopic (exact) mass is 354 g/mol. The van der Waals surface area contributed by atoms with Gasteiger partial charge in [0.1, 0.15) is 5.82 Å². The van der Waals surface area contributed by atoms with Gasteiger partial charge in [0, 0.05) is 23.1 Å². The number of hydrogen-bond acceptors (Lipinski definition) is 2. The summed E-state index contributed by atoms with van der Waals surface area (Å²) < 4.78 is 13.4. The molecule has 0 radical (unpaired) electrons. The molecule has 0 saturated heterocycles. The summed E-state index contributed by atoms with van der Waals surface area (Å²) in [4.78, 5) is 0. The Bertz CT molecular complexity index is 620. The third-order valence-corrected chi connectivity index (χ3v) is 4.18. The zero-order valence-corrected chi connectivity index (χ0v) is 14.4. The van der Waals surface area contributed by atoms with Gasteiger partial charge in [-0.3, -0.25) is 0 Å². The second-order valence-electron chi connectivity index (χ2n) is 5.33. The fourth-order valence-corrected chi connectivity index (χ4v) is 2.80. The molecule has 0 spiro atoms. The second kappa shape index (κ2) is 9.89. The standard InChI is InChI=1S/C18H21Cl2FN2/c19-16-6-5-14(17(20)13-16)7-9-22-11-12-23-10-8-15-3-1-2-4-18(15)21/h1-6,13,22-23H,7-12H2. The summed E-state index contributed by atoms with van der Waals surface area (Å²) in [6.45, 7) is 3.34. The maximum atomic E-state index is 13.4. The highest BCUT2D eigenvalue weighted by Gasteiger charge is 2.01. The van der Waals surface area contributed by atoms with Gasteiger partial charge < -0.3 is 10.6 Å². The molecule has 2 rings (SSSR count). The molecule has 2 aromatic rings. The minimum atomic E-state index is -0.132. The van der Waals surface area contributed by atoms with Gasteiger partial charge in [0.15, 0.2) is 0 Å². The predicted molar refractivity (Wildman–Crippen MR) is 96.0 cm³/mol. The summed E-state index contributed by atoms with van der Waals surface area (Å²) in [5, 5.41) is 8.03. The van der Waals surface area contributed by atoms with E-state index in [9.17, 15) is 4.39 Å². The van der Waals surface area contributed by atoms with Gasteiger partial charge in [-0.25, -0.2) is 4.39 Å². The van der Waals surface area contributed by atoms with Crippen LogP contribution in [0.5, 0.6) is 0 Å². The predicted octanol–water partition coefficient (Wildman–Crippen LogP) is 4.10. The Morgan fingerprint density at radius 1 is 0.783 bits per heavy atom. The van der Waals surface area contributed by atoms with Crippen molar-refractivity contribution in [2.24, 2.45) is 0 Å². The van der Waals surface area contributed by atoms with Gasteiger partial charge in [-0.05, 0) is 55.3 Å². The van der Waals surface area contributed by atoms with Crippen molar-refractivity contribution < 1.29 is 4.39 Å². The van der Waals surface area contributed by atoms with Crippen molar-refractivity contribution in [3.05, 3.63) is 69.5 Å². The molecular formula is C18H21Cl2FN2. The van der Waals surface area contributed by atoms with Crippen molar-refractivity contribution in [1.82, 2.24) is 10.6 Å². The van der Waals surface area contributed by atoms with Gasteiger partial charge in [-0.15, -0.1) is 0 Å². The van der Waals surface area contributed by atoms with Gasteiger partial charge in [0.25, 0.3) is 0 Å². The summed E-state index contributed by atoms with van der Waals surface area (Å²) in [7, 11) is 0. The SMILES string of the molecule is Fc1ccccc1CCNCCNCCc1ccc(Cl)cc1Cl. The normalized spacial score (nSPS) is 10.9. The lowest BCUT2D eigenvalue weighted by Gasteiger charge is -2.08. The van der Waals surface area contributed by atoms with Crippen molar-refractivity contribution in [2.45, 2.75) is 12.8 Å². The van der Waals surface area contributed by atoms with Crippen LogP contribution in [0.1, 0.15) is 11.1 Å². The van der Waals surface area contributed by atoms with Gasteiger partial charge in [0.05, 0.1) is 0 Å². The fourth-order valence-electron chi connectivity index (χ4n) is 2.30. The van der Waals surface area contributed by atoms with E-state index < -0.39 is 0 Å². The Morgan fingerprint density at radius 3 is 2.09 bits per heavy atom. The highest BCUT2D eigenvalue weighted by molar-refractivity contribution is 6.35. The molecule has 0 saturated carbocycles. The molecule has 2 nitrogen and oxygen atoms in total. The lowest BCUT2D eigenvalue weighted by Crippen LogP contribution is -2.29. The number of hydrogen-bond donors (Lipinski definition) is 2. The molecule has 0 atom stereocenters. The molecule has 0 amide bonds. The van der Waals surface area contributed by atoms with E-state index in [1.165, 1.54) is 6.07 Å². The maximum Gasteiger partial charge on any atom is 0.126 e. The molecule has 0 aliphatic rings. The minimum absolute atomic E-state index is 0.132. The Hall–Kier alpha value is -1.13. The molecule has 2 N–H and O–H groups in total. The smallest absolute Gasteiger partial charge is 0.126 e. The molecule has 0 unspecified atom stereocenters. The van der Waals surface area contributed by atoms with Crippen LogP contribution in [-0.4, -0.2) is 26.2 Å². The van der Waals surface area contributed by atoms with E-state index in [1.807, 2.05) is 24.3 Å². The summed E-state index contributed by atoms with van der Waals surface area (Å²) in [6, 6.07) is 12.5. The summed E-state index contributed by atoms with van der Waals surface area (Å²) in [5.74, 6) is -0.132. The molecule has 0 aromatic heterocycles. The van der Waals surface area contributed by atoms with E-state index in [4.69, 9.17) is 23.2 Å². The highest BCUT2D eigenvalue weighted by atomic mass is 35.5. The average molecular weight is 355 g/mol. The van der Waals surface area contributed by atoms with Crippen LogP contribution in [0.2, 0.25) is 10.0 Å². The lowest BCUT2D eigenvalue weighted by molar-refractivity contribution is 0.586. The Balaban J connectivity index is 1.53.